The molecule has 1 atom stereocenters. The maximum absolute atomic E-state index is 12.2. The van der Waals surface area contributed by atoms with Crippen molar-refractivity contribution < 1.29 is 14.6 Å². The quantitative estimate of drug-likeness (QED) is 0.853. The van der Waals surface area contributed by atoms with Gasteiger partial charge in [-0.1, -0.05) is 19.1 Å². The van der Waals surface area contributed by atoms with Crippen molar-refractivity contribution in [3.63, 3.8) is 0 Å². The molecule has 2 rings (SSSR count). The lowest BCUT2D eigenvalue weighted by molar-refractivity contribution is 0.102. The van der Waals surface area contributed by atoms with Crippen molar-refractivity contribution in [3.05, 3.63) is 59.7 Å². The van der Waals surface area contributed by atoms with Gasteiger partial charge in [0.2, 0.25) is 0 Å². The van der Waals surface area contributed by atoms with E-state index in [2.05, 4.69) is 5.32 Å². The molecule has 0 aromatic heterocycles. The minimum absolute atomic E-state index is 0.190. The number of nitrogens with one attached hydrogen (secondary N) is 1. The zero-order valence-electron chi connectivity index (χ0n) is 12.9. The van der Waals surface area contributed by atoms with Crippen molar-refractivity contribution in [3.8, 4) is 5.75 Å². The van der Waals surface area contributed by atoms with Gasteiger partial charge in [0, 0.05) is 11.3 Å². The molecule has 0 unspecified atom stereocenters. The summed E-state index contributed by atoms with van der Waals surface area (Å²) in [5.74, 6) is 0.569. The summed E-state index contributed by atoms with van der Waals surface area (Å²) in [5.41, 5.74) is 1.99. The third-order valence-electron chi connectivity index (χ3n) is 3.22. The predicted molar refractivity (Wildman–Crippen MR) is 87.3 cm³/mol. The average molecular weight is 299 g/mol. The highest BCUT2D eigenvalue weighted by atomic mass is 16.5. The Morgan fingerprint density at radius 1 is 1.23 bits per heavy atom. The number of hydrogen-bond acceptors (Lipinski definition) is 3. The second-order valence-corrected chi connectivity index (χ2v) is 5.13. The van der Waals surface area contributed by atoms with E-state index in [9.17, 15) is 9.90 Å². The number of rotatable bonds is 6. The first-order chi connectivity index (χ1) is 10.6. The van der Waals surface area contributed by atoms with Crippen molar-refractivity contribution in [2.45, 2.75) is 26.4 Å². The van der Waals surface area contributed by atoms with Gasteiger partial charge in [-0.3, -0.25) is 4.79 Å². The van der Waals surface area contributed by atoms with Crippen LogP contribution in [-0.2, 0) is 0 Å². The molecule has 2 N–H and O–H groups in total. The van der Waals surface area contributed by atoms with Crippen LogP contribution in [0.25, 0.3) is 0 Å². The molecule has 4 heteroatoms. The summed E-state index contributed by atoms with van der Waals surface area (Å²) in [7, 11) is 0. The summed E-state index contributed by atoms with van der Waals surface area (Å²) in [6.07, 6.45) is 0.383. The molecule has 0 spiro atoms. The number of carbonyl (C=O) groups excluding carboxylic acids is 1. The van der Waals surface area contributed by atoms with E-state index in [0.29, 0.717) is 17.9 Å². The molecule has 2 aromatic rings. The van der Waals surface area contributed by atoms with Crippen molar-refractivity contribution in [2.24, 2.45) is 0 Å². The van der Waals surface area contributed by atoms with Crippen LogP contribution in [0.1, 0.15) is 42.3 Å². The Kier molecular flexibility index (Phi) is 5.55. The van der Waals surface area contributed by atoms with Gasteiger partial charge in [0.15, 0.2) is 0 Å². The predicted octanol–water partition coefficient (Wildman–Crippen LogP) is 3.78. The first-order valence-corrected chi connectivity index (χ1v) is 7.42. The van der Waals surface area contributed by atoms with Gasteiger partial charge in [-0.05, 0) is 55.3 Å². The van der Waals surface area contributed by atoms with Gasteiger partial charge < -0.3 is 15.2 Å². The molecule has 4 nitrogen and oxygen atoms in total. The normalized spacial score (nSPS) is 11.8. The minimum Gasteiger partial charge on any atom is -0.494 e. The average Bonchev–Trinajstić information content (AvgIpc) is 2.53. The third kappa shape index (κ3) is 4.33. The second kappa shape index (κ2) is 7.61. The molecule has 0 fully saturated rings. The second-order valence-electron chi connectivity index (χ2n) is 5.13. The Hall–Kier alpha value is -2.33. The molecule has 0 heterocycles. The smallest absolute Gasteiger partial charge is 0.255 e. The van der Waals surface area contributed by atoms with E-state index in [1.807, 2.05) is 13.0 Å². The third-order valence-corrected chi connectivity index (χ3v) is 3.22. The Morgan fingerprint density at radius 2 is 1.95 bits per heavy atom. The lowest BCUT2D eigenvalue weighted by Crippen LogP contribution is -2.12. The number of amides is 1. The van der Waals surface area contributed by atoms with Gasteiger partial charge >= 0.3 is 0 Å². The molecule has 1 amide bonds. The zero-order chi connectivity index (χ0) is 15.9. The summed E-state index contributed by atoms with van der Waals surface area (Å²) in [6.45, 7) is 4.40. The van der Waals surface area contributed by atoms with Gasteiger partial charge in [-0.25, -0.2) is 0 Å². The van der Waals surface area contributed by atoms with E-state index in [-0.39, 0.29) is 5.91 Å². The number of carbonyl (C=O) groups is 1. The maximum atomic E-state index is 12.2. The molecule has 0 bridgehead atoms. The molecular weight excluding hydrogens is 278 g/mol. The number of benzene rings is 2. The Bertz CT molecular complexity index is 620. The van der Waals surface area contributed by atoms with E-state index < -0.39 is 6.10 Å². The molecule has 0 aliphatic rings. The number of ether oxygens (including phenoxy) is 1. The number of aliphatic hydroxyl groups excluding tert-OH is 1. The van der Waals surface area contributed by atoms with Gasteiger partial charge in [0.25, 0.3) is 5.91 Å². The molecular formula is C18H21NO3. The Morgan fingerprint density at radius 3 is 2.59 bits per heavy atom. The summed E-state index contributed by atoms with van der Waals surface area (Å²) in [6, 6.07) is 14.2. The summed E-state index contributed by atoms with van der Waals surface area (Å²) >= 11 is 0. The first kappa shape index (κ1) is 16.0. The number of hydrogen-bond donors (Lipinski definition) is 2. The fourth-order valence-electron chi connectivity index (χ4n) is 2.00. The highest BCUT2D eigenvalue weighted by molar-refractivity contribution is 6.04. The molecule has 22 heavy (non-hydrogen) atoms. The summed E-state index contributed by atoms with van der Waals surface area (Å²) in [4.78, 5) is 12.2. The Labute approximate surface area is 130 Å². The van der Waals surface area contributed by atoms with Crippen LogP contribution >= 0.6 is 0 Å². The van der Waals surface area contributed by atoms with Crippen LogP contribution in [0, 0.1) is 0 Å². The highest BCUT2D eigenvalue weighted by Crippen LogP contribution is 2.18. The molecule has 0 saturated heterocycles. The van der Waals surface area contributed by atoms with Crippen molar-refractivity contribution in [2.75, 3.05) is 11.9 Å². The van der Waals surface area contributed by atoms with Crippen LogP contribution in [0.5, 0.6) is 5.75 Å². The molecule has 0 aliphatic heterocycles. The molecule has 0 radical (unpaired) electrons. The van der Waals surface area contributed by atoms with E-state index in [1.54, 1.807) is 49.4 Å². The lowest BCUT2D eigenvalue weighted by Gasteiger charge is -2.10. The molecule has 0 saturated carbocycles. The van der Waals surface area contributed by atoms with Crippen molar-refractivity contribution in [1.29, 1.82) is 0 Å². The van der Waals surface area contributed by atoms with Crippen LogP contribution in [0.2, 0.25) is 0 Å². The topological polar surface area (TPSA) is 58.6 Å². The SMILES string of the molecule is CCCOc1ccc(C(=O)Nc2cccc([C@H](C)O)c2)cc1. The maximum Gasteiger partial charge on any atom is 0.255 e. The van der Waals surface area contributed by atoms with Crippen LogP contribution in [-0.4, -0.2) is 17.6 Å². The summed E-state index contributed by atoms with van der Waals surface area (Å²) < 4.78 is 5.49. The zero-order valence-corrected chi connectivity index (χ0v) is 12.9. The standard InChI is InChI=1S/C18H21NO3/c1-3-11-22-17-9-7-14(8-10-17)18(21)19-16-6-4-5-15(12-16)13(2)20/h4-10,12-13,20H,3,11H2,1-2H3,(H,19,21)/t13-/m0/s1. The van der Waals surface area contributed by atoms with Gasteiger partial charge in [0.05, 0.1) is 12.7 Å². The number of aliphatic hydroxyl groups is 1. The van der Waals surface area contributed by atoms with Crippen molar-refractivity contribution in [1.82, 2.24) is 0 Å². The van der Waals surface area contributed by atoms with Crippen LogP contribution in [0.3, 0.4) is 0 Å². The van der Waals surface area contributed by atoms with Gasteiger partial charge in [0.1, 0.15) is 5.75 Å². The van der Waals surface area contributed by atoms with Gasteiger partial charge in [-0.2, -0.15) is 0 Å². The number of anilines is 1. The van der Waals surface area contributed by atoms with E-state index in [1.165, 1.54) is 0 Å². The highest BCUT2D eigenvalue weighted by Gasteiger charge is 2.08. The van der Waals surface area contributed by atoms with E-state index in [4.69, 9.17) is 4.74 Å². The molecule has 2 aromatic carbocycles. The Balaban J connectivity index is 2.04. The van der Waals surface area contributed by atoms with Gasteiger partial charge in [-0.15, -0.1) is 0 Å². The first-order valence-electron chi connectivity index (χ1n) is 7.42. The van der Waals surface area contributed by atoms with Crippen LogP contribution in [0.4, 0.5) is 5.69 Å². The minimum atomic E-state index is -0.563. The largest absolute Gasteiger partial charge is 0.494 e. The van der Waals surface area contributed by atoms with E-state index >= 15 is 0 Å². The van der Waals surface area contributed by atoms with Crippen LogP contribution < -0.4 is 10.1 Å². The monoisotopic (exact) mass is 299 g/mol. The molecule has 0 aliphatic carbocycles. The fourth-order valence-corrected chi connectivity index (χ4v) is 2.00. The van der Waals surface area contributed by atoms with Crippen molar-refractivity contribution >= 4 is 11.6 Å². The summed E-state index contributed by atoms with van der Waals surface area (Å²) in [5, 5.41) is 12.4. The van der Waals surface area contributed by atoms with E-state index in [0.717, 1.165) is 17.7 Å². The lowest BCUT2D eigenvalue weighted by atomic mass is 10.1. The van der Waals surface area contributed by atoms with Crippen LogP contribution in [0.15, 0.2) is 48.5 Å². The molecule has 116 valence electrons. The fraction of sp³-hybridized carbons (Fsp3) is 0.278.